The summed E-state index contributed by atoms with van der Waals surface area (Å²) in [5.41, 5.74) is 2.69. The van der Waals surface area contributed by atoms with Crippen LogP contribution in [0.25, 0.3) is 0 Å². The van der Waals surface area contributed by atoms with E-state index in [-0.39, 0.29) is 30.2 Å². The van der Waals surface area contributed by atoms with Crippen molar-refractivity contribution in [2.24, 2.45) is 0 Å². The highest BCUT2D eigenvalue weighted by Gasteiger charge is 2.41. The van der Waals surface area contributed by atoms with Crippen molar-refractivity contribution in [3.05, 3.63) is 84.2 Å². The van der Waals surface area contributed by atoms with Crippen LogP contribution in [0.3, 0.4) is 0 Å². The van der Waals surface area contributed by atoms with E-state index in [0.717, 1.165) is 5.69 Å². The molecule has 0 radical (unpaired) electrons. The van der Waals surface area contributed by atoms with Crippen LogP contribution in [0.1, 0.15) is 61.6 Å². The lowest BCUT2D eigenvalue weighted by Gasteiger charge is -2.30. The zero-order valence-corrected chi connectivity index (χ0v) is 19.7. The molecule has 1 aliphatic carbocycles. The molecule has 2 fully saturated rings. The van der Waals surface area contributed by atoms with Gasteiger partial charge in [0.05, 0.1) is 17.8 Å². The summed E-state index contributed by atoms with van der Waals surface area (Å²) in [6.45, 7) is 0.461. The van der Waals surface area contributed by atoms with Crippen molar-refractivity contribution >= 4 is 28.9 Å². The number of aromatic nitrogens is 2. The molecule has 2 N–H and O–H groups in total. The number of hydrogen-bond donors (Lipinski definition) is 2. The molecular formula is C26H28FN5OS. The molecule has 1 amide bonds. The SMILES string of the molecule is O=C(CCN1C(=S)N[C@H](c2ccccn2)[C@@H]1c1cccn1C1CCCC1)Nc1ccc(F)cc1. The Morgan fingerprint density at radius 3 is 2.65 bits per heavy atom. The van der Waals surface area contributed by atoms with Crippen LogP contribution in [0, 0.1) is 5.82 Å². The molecule has 6 nitrogen and oxygen atoms in total. The smallest absolute Gasteiger partial charge is 0.226 e. The summed E-state index contributed by atoms with van der Waals surface area (Å²) in [7, 11) is 0. The van der Waals surface area contributed by atoms with Gasteiger partial charge in [0.15, 0.2) is 5.11 Å². The zero-order chi connectivity index (χ0) is 23.5. The Labute approximate surface area is 204 Å². The van der Waals surface area contributed by atoms with Crippen LogP contribution in [-0.2, 0) is 4.79 Å². The average Bonchev–Trinajstić information content (AvgIpc) is 3.59. The lowest BCUT2D eigenvalue weighted by molar-refractivity contribution is -0.116. The molecule has 2 atom stereocenters. The topological polar surface area (TPSA) is 62.2 Å². The van der Waals surface area contributed by atoms with E-state index in [1.54, 1.807) is 18.3 Å². The lowest BCUT2D eigenvalue weighted by Crippen LogP contribution is -2.33. The van der Waals surface area contributed by atoms with Gasteiger partial charge in [-0.1, -0.05) is 18.9 Å². The van der Waals surface area contributed by atoms with Gasteiger partial charge in [-0.25, -0.2) is 4.39 Å². The molecule has 1 saturated carbocycles. The lowest BCUT2D eigenvalue weighted by atomic mass is 10.0. The van der Waals surface area contributed by atoms with Gasteiger partial charge in [-0.05, 0) is 73.6 Å². The first-order valence-corrected chi connectivity index (χ1v) is 12.2. The number of anilines is 1. The van der Waals surface area contributed by atoms with E-state index in [2.05, 4.69) is 43.4 Å². The van der Waals surface area contributed by atoms with Crippen molar-refractivity contribution in [1.82, 2.24) is 19.8 Å². The molecule has 8 heteroatoms. The van der Waals surface area contributed by atoms with E-state index in [4.69, 9.17) is 12.2 Å². The number of amides is 1. The third kappa shape index (κ3) is 4.68. The van der Waals surface area contributed by atoms with Crippen molar-refractivity contribution in [2.45, 2.75) is 50.2 Å². The largest absolute Gasteiger partial charge is 0.352 e. The molecule has 3 heterocycles. The molecule has 2 aromatic heterocycles. The number of carbonyl (C=O) groups excluding carboxylic acids is 1. The summed E-state index contributed by atoms with van der Waals surface area (Å²) in [6, 6.07) is 16.3. The summed E-state index contributed by atoms with van der Waals surface area (Å²) in [5.74, 6) is -0.472. The maximum absolute atomic E-state index is 13.2. The maximum atomic E-state index is 13.2. The number of carbonyl (C=O) groups is 1. The Kier molecular flexibility index (Phi) is 6.58. The van der Waals surface area contributed by atoms with Crippen molar-refractivity contribution in [3.8, 4) is 0 Å². The van der Waals surface area contributed by atoms with E-state index >= 15 is 0 Å². The summed E-state index contributed by atoms with van der Waals surface area (Å²) >= 11 is 5.75. The van der Waals surface area contributed by atoms with Crippen LogP contribution < -0.4 is 10.6 Å². The molecule has 0 bridgehead atoms. The summed E-state index contributed by atoms with van der Waals surface area (Å²) in [4.78, 5) is 19.4. The fraction of sp³-hybridized carbons (Fsp3) is 0.346. The first-order valence-electron chi connectivity index (χ1n) is 11.8. The van der Waals surface area contributed by atoms with Crippen LogP contribution in [-0.4, -0.2) is 32.0 Å². The molecule has 34 heavy (non-hydrogen) atoms. The Balaban J connectivity index is 1.38. The highest BCUT2D eigenvalue weighted by atomic mass is 32.1. The van der Waals surface area contributed by atoms with Gasteiger partial charge in [-0.2, -0.15) is 0 Å². The zero-order valence-electron chi connectivity index (χ0n) is 18.9. The van der Waals surface area contributed by atoms with Gasteiger partial charge in [0.2, 0.25) is 5.91 Å². The highest BCUT2D eigenvalue weighted by Crippen LogP contribution is 2.41. The minimum absolute atomic E-state index is 0.0726. The van der Waals surface area contributed by atoms with Crippen molar-refractivity contribution in [1.29, 1.82) is 0 Å². The minimum Gasteiger partial charge on any atom is -0.352 e. The quantitative estimate of drug-likeness (QED) is 0.462. The average molecular weight is 478 g/mol. The molecule has 2 aliphatic rings. The summed E-state index contributed by atoms with van der Waals surface area (Å²) < 4.78 is 15.6. The molecule has 3 aromatic rings. The number of rotatable bonds is 7. The van der Waals surface area contributed by atoms with Crippen LogP contribution in [0.15, 0.2) is 67.0 Å². The van der Waals surface area contributed by atoms with E-state index in [9.17, 15) is 9.18 Å². The van der Waals surface area contributed by atoms with Gasteiger partial charge in [-0.15, -0.1) is 0 Å². The normalized spacial score (nSPS) is 20.5. The van der Waals surface area contributed by atoms with Crippen LogP contribution >= 0.6 is 12.2 Å². The standard InChI is InChI=1S/C26H28FN5OS/c27-18-10-12-19(13-11-18)29-23(33)14-17-32-25(22-9-5-16-31(22)20-6-1-2-7-20)24(30-26(32)34)21-8-3-4-15-28-21/h3-5,8-13,15-16,20,24-25H,1-2,6-7,14,17H2,(H,29,33)(H,30,34)/t24-,25+/m1/s1. The molecule has 1 aliphatic heterocycles. The second kappa shape index (κ2) is 9.93. The fourth-order valence-corrected chi connectivity index (χ4v) is 5.45. The molecule has 0 spiro atoms. The maximum Gasteiger partial charge on any atom is 0.226 e. The van der Waals surface area contributed by atoms with E-state index < -0.39 is 0 Å². The number of hydrogen-bond acceptors (Lipinski definition) is 3. The number of pyridine rings is 1. The van der Waals surface area contributed by atoms with Gasteiger partial charge < -0.3 is 20.1 Å². The third-order valence-electron chi connectivity index (χ3n) is 6.74. The molecule has 1 aromatic carbocycles. The first kappa shape index (κ1) is 22.5. The summed E-state index contributed by atoms with van der Waals surface area (Å²) in [5, 5.41) is 6.93. The van der Waals surface area contributed by atoms with Gasteiger partial charge in [0.25, 0.3) is 0 Å². The minimum atomic E-state index is -0.333. The highest BCUT2D eigenvalue weighted by molar-refractivity contribution is 7.80. The predicted molar refractivity (Wildman–Crippen MR) is 134 cm³/mol. The number of nitrogens with one attached hydrogen (secondary N) is 2. The van der Waals surface area contributed by atoms with Gasteiger partial charge in [0, 0.05) is 42.8 Å². The van der Waals surface area contributed by atoms with Gasteiger partial charge in [0.1, 0.15) is 5.82 Å². The molecule has 0 unspecified atom stereocenters. The third-order valence-corrected chi connectivity index (χ3v) is 7.09. The second-order valence-electron chi connectivity index (χ2n) is 8.90. The van der Waals surface area contributed by atoms with Gasteiger partial charge >= 0.3 is 0 Å². The molecule has 1 saturated heterocycles. The van der Waals surface area contributed by atoms with Crippen molar-refractivity contribution < 1.29 is 9.18 Å². The van der Waals surface area contributed by atoms with E-state index in [1.165, 1.54) is 43.5 Å². The van der Waals surface area contributed by atoms with Crippen molar-refractivity contribution in [2.75, 3.05) is 11.9 Å². The summed E-state index contributed by atoms with van der Waals surface area (Å²) in [6.07, 6.45) is 9.09. The van der Waals surface area contributed by atoms with Crippen LogP contribution in [0.5, 0.6) is 0 Å². The molecular weight excluding hydrogens is 449 g/mol. The predicted octanol–water partition coefficient (Wildman–Crippen LogP) is 5.14. The fourth-order valence-electron chi connectivity index (χ4n) is 5.12. The number of nitrogens with zero attached hydrogens (tertiary/aromatic N) is 3. The second-order valence-corrected chi connectivity index (χ2v) is 9.29. The van der Waals surface area contributed by atoms with E-state index in [1.807, 2.05) is 18.2 Å². The van der Waals surface area contributed by atoms with Crippen LogP contribution in [0.2, 0.25) is 0 Å². The number of halogens is 1. The Morgan fingerprint density at radius 2 is 1.91 bits per heavy atom. The Hall–Kier alpha value is -3.26. The Bertz CT molecular complexity index is 1140. The monoisotopic (exact) mass is 477 g/mol. The number of thiocarbonyl (C=S) groups is 1. The van der Waals surface area contributed by atoms with Crippen molar-refractivity contribution in [3.63, 3.8) is 0 Å². The van der Waals surface area contributed by atoms with Gasteiger partial charge in [-0.3, -0.25) is 9.78 Å². The van der Waals surface area contributed by atoms with Crippen LogP contribution in [0.4, 0.5) is 10.1 Å². The van der Waals surface area contributed by atoms with E-state index in [0.29, 0.717) is 23.4 Å². The molecule has 176 valence electrons. The molecule has 5 rings (SSSR count). The number of benzene rings is 1. The first-order chi connectivity index (χ1) is 16.6. The Morgan fingerprint density at radius 1 is 1.12 bits per heavy atom.